The lowest BCUT2D eigenvalue weighted by Gasteiger charge is -2.15. The maximum Gasteiger partial charge on any atom is 0.147 e. The number of benzene rings is 1. The van der Waals surface area contributed by atoms with Crippen LogP contribution in [-0.4, -0.2) is 32.6 Å². The van der Waals surface area contributed by atoms with Crippen LogP contribution >= 0.6 is 0 Å². The number of rotatable bonds is 5. The van der Waals surface area contributed by atoms with Gasteiger partial charge < -0.3 is 9.84 Å². The van der Waals surface area contributed by atoms with Crippen LogP contribution in [-0.2, 0) is 9.84 Å². The second kappa shape index (κ2) is 5.51. The number of sulfone groups is 1. The first-order valence-electron chi connectivity index (χ1n) is 5.34. The van der Waals surface area contributed by atoms with Gasteiger partial charge in [0.15, 0.2) is 0 Å². The van der Waals surface area contributed by atoms with E-state index in [1.807, 2.05) is 19.1 Å². The van der Waals surface area contributed by atoms with Crippen LogP contribution in [0.5, 0.6) is 5.75 Å². The van der Waals surface area contributed by atoms with Crippen molar-refractivity contribution < 1.29 is 18.3 Å². The number of aryl methyl sites for hydroxylation is 1. The molecular weight excluding hydrogens is 240 g/mol. The van der Waals surface area contributed by atoms with Gasteiger partial charge in [-0.15, -0.1) is 0 Å². The summed E-state index contributed by atoms with van der Waals surface area (Å²) >= 11 is 0. The number of ether oxygens (including phenoxy) is 1. The Hall–Kier alpha value is -1.07. The molecule has 0 radical (unpaired) electrons. The molecule has 5 heteroatoms. The zero-order chi connectivity index (χ0) is 13.1. The highest BCUT2D eigenvalue weighted by molar-refractivity contribution is 7.90. The standard InChI is InChI=1S/C12H18O4S/c1-9-4-5-12(16-2)10(8-9)11(13)6-7-17(3,14)15/h4-5,8,11,13H,6-7H2,1-3H3. The lowest BCUT2D eigenvalue weighted by molar-refractivity contribution is 0.170. The van der Waals surface area contributed by atoms with Gasteiger partial charge in [-0.05, 0) is 25.5 Å². The van der Waals surface area contributed by atoms with Crippen LogP contribution in [0, 0.1) is 6.92 Å². The van der Waals surface area contributed by atoms with Gasteiger partial charge >= 0.3 is 0 Å². The molecule has 0 saturated carbocycles. The Labute approximate surface area is 102 Å². The molecule has 0 amide bonds. The number of aliphatic hydroxyl groups is 1. The quantitative estimate of drug-likeness (QED) is 0.868. The van der Waals surface area contributed by atoms with Crippen LogP contribution in [0.25, 0.3) is 0 Å². The molecule has 0 aliphatic heterocycles. The molecule has 0 aliphatic rings. The van der Waals surface area contributed by atoms with E-state index in [2.05, 4.69) is 0 Å². The Morgan fingerprint density at radius 2 is 2.06 bits per heavy atom. The fourth-order valence-corrected chi connectivity index (χ4v) is 2.25. The van der Waals surface area contributed by atoms with Crippen LogP contribution in [0.4, 0.5) is 0 Å². The molecular formula is C12H18O4S. The molecule has 96 valence electrons. The normalized spacial score (nSPS) is 13.4. The van der Waals surface area contributed by atoms with Gasteiger partial charge in [-0.2, -0.15) is 0 Å². The molecule has 1 aromatic rings. The van der Waals surface area contributed by atoms with Crippen molar-refractivity contribution in [3.05, 3.63) is 29.3 Å². The van der Waals surface area contributed by atoms with E-state index in [1.165, 1.54) is 7.11 Å². The maximum absolute atomic E-state index is 11.0. The summed E-state index contributed by atoms with van der Waals surface area (Å²) in [6, 6.07) is 5.46. The molecule has 0 heterocycles. The third kappa shape index (κ3) is 4.36. The number of hydrogen-bond donors (Lipinski definition) is 1. The summed E-state index contributed by atoms with van der Waals surface area (Å²) < 4.78 is 27.2. The Morgan fingerprint density at radius 1 is 1.41 bits per heavy atom. The molecule has 0 bridgehead atoms. The molecule has 0 spiro atoms. The first-order chi connectivity index (χ1) is 7.83. The van der Waals surface area contributed by atoms with Crippen LogP contribution < -0.4 is 4.74 Å². The maximum atomic E-state index is 11.0. The van der Waals surface area contributed by atoms with Crippen molar-refractivity contribution in [1.29, 1.82) is 0 Å². The molecule has 1 rings (SSSR count). The summed E-state index contributed by atoms with van der Waals surface area (Å²) in [5.74, 6) is 0.544. The van der Waals surface area contributed by atoms with Crippen molar-refractivity contribution in [2.45, 2.75) is 19.4 Å². The Morgan fingerprint density at radius 3 is 2.59 bits per heavy atom. The number of hydrogen-bond acceptors (Lipinski definition) is 4. The summed E-state index contributed by atoms with van der Waals surface area (Å²) in [6.07, 6.45) is 0.519. The average Bonchev–Trinajstić information content (AvgIpc) is 2.25. The summed E-state index contributed by atoms with van der Waals surface area (Å²) in [7, 11) is -1.53. The van der Waals surface area contributed by atoms with Crippen molar-refractivity contribution in [2.75, 3.05) is 19.1 Å². The van der Waals surface area contributed by atoms with E-state index >= 15 is 0 Å². The fourth-order valence-electron chi connectivity index (χ4n) is 1.60. The predicted molar refractivity (Wildman–Crippen MR) is 67.0 cm³/mol. The predicted octanol–water partition coefficient (Wildman–Crippen LogP) is 1.47. The van der Waals surface area contributed by atoms with E-state index in [0.29, 0.717) is 11.3 Å². The van der Waals surface area contributed by atoms with Gasteiger partial charge in [0, 0.05) is 11.8 Å². The highest BCUT2D eigenvalue weighted by atomic mass is 32.2. The van der Waals surface area contributed by atoms with Crippen LogP contribution in [0.2, 0.25) is 0 Å². The highest BCUT2D eigenvalue weighted by Gasteiger charge is 2.15. The Balaban J connectivity index is 2.87. The van der Waals surface area contributed by atoms with Gasteiger partial charge in [0.25, 0.3) is 0 Å². The molecule has 0 fully saturated rings. The van der Waals surface area contributed by atoms with Gasteiger partial charge in [-0.1, -0.05) is 11.6 Å². The molecule has 1 aromatic carbocycles. The van der Waals surface area contributed by atoms with E-state index in [-0.39, 0.29) is 12.2 Å². The largest absolute Gasteiger partial charge is 0.496 e. The fraction of sp³-hybridized carbons (Fsp3) is 0.500. The molecule has 0 saturated heterocycles. The topological polar surface area (TPSA) is 63.6 Å². The molecule has 1 N–H and O–H groups in total. The monoisotopic (exact) mass is 258 g/mol. The van der Waals surface area contributed by atoms with Gasteiger partial charge in [0.2, 0.25) is 0 Å². The van der Waals surface area contributed by atoms with Crippen molar-refractivity contribution in [2.24, 2.45) is 0 Å². The Bertz CT molecular complexity index is 479. The number of methoxy groups -OCH3 is 1. The lowest BCUT2D eigenvalue weighted by Crippen LogP contribution is -2.09. The van der Waals surface area contributed by atoms with Gasteiger partial charge in [-0.25, -0.2) is 8.42 Å². The third-order valence-electron chi connectivity index (χ3n) is 2.51. The second-order valence-corrected chi connectivity index (χ2v) is 6.44. The summed E-state index contributed by atoms with van der Waals surface area (Å²) in [5.41, 5.74) is 1.63. The molecule has 1 unspecified atom stereocenters. The first kappa shape index (κ1) is 14.0. The zero-order valence-electron chi connectivity index (χ0n) is 10.3. The van der Waals surface area contributed by atoms with Gasteiger partial charge in [-0.3, -0.25) is 0 Å². The van der Waals surface area contributed by atoms with Crippen molar-refractivity contribution in [3.63, 3.8) is 0 Å². The highest BCUT2D eigenvalue weighted by Crippen LogP contribution is 2.28. The van der Waals surface area contributed by atoms with Crippen molar-refractivity contribution in [3.8, 4) is 5.75 Å². The smallest absolute Gasteiger partial charge is 0.147 e. The van der Waals surface area contributed by atoms with Crippen LogP contribution in [0.3, 0.4) is 0 Å². The van der Waals surface area contributed by atoms with Crippen LogP contribution in [0.1, 0.15) is 23.7 Å². The van der Waals surface area contributed by atoms with E-state index in [9.17, 15) is 13.5 Å². The van der Waals surface area contributed by atoms with E-state index in [0.717, 1.165) is 11.8 Å². The van der Waals surface area contributed by atoms with Gasteiger partial charge in [0.05, 0.1) is 19.0 Å². The van der Waals surface area contributed by atoms with Crippen molar-refractivity contribution >= 4 is 9.84 Å². The zero-order valence-corrected chi connectivity index (χ0v) is 11.1. The lowest BCUT2D eigenvalue weighted by atomic mass is 10.0. The minimum atomic E-state index is -3.06. The molecule has 0 aliphatic carbocycles. The van der Waals surface area contributed by atoms with E-state index < -0.39 is 15.9 Å². The number of aliphatic hydroxyl groups excluding tert-OH is 1. The average molecular weight is 258 g/mol. The summed E-state index contributed by atoms with van der Waals surface area (Å²) in [6.45, 7) is 1.91. The van der Waals surface area contributed by atoms with E-state index in [1.54, 1.807) is 6.07 Å². The summed E-state index contributed by atoms with van der Waals surface area (Å²) in [4.78, 5) is 0. The molecule has 4 nitrogen and oxygen atoms in total. The molecule has 0 aromatic heterocycles. The summed E-state index contributed by atoms with van der Waals surface area (Å²) in [5, 5.41) is 9.98. The minimum absolute atomic E-state index is 0.0364. The molecule has 1 atom stereocenters. The first-order valence-corrected chi connectivity index (χ1v) is 7.40. The molecule has 17 heavy (non-hydrogen) atoms. The Kier molecular flexibility index (Phi) is 4.54. The minimum Gasteiger partial charge on any atom is -0.496 e. The SMILES string of the molecule is COc1ccc(C)cc1C(O)CCS(C)(=O)=O. The van der Waals surface area contributed by atoms with Crippen molar-refractivity contribution in [1.82, 2.24) is 0 Å². The van der Waals surface area contributed by atoms with E-state index in [4.69, 9.17) is 4.74 Å². The second-order valence-electron chi connectivity index (χ2n) is 4.18. The third-order valence-corrected chi connectivity index (χ3v) is 3.48. The van der Waals surface area contributed by atoms with Crippen LogP contribution in [0.15, 0.2) is 18.2 Å². The van der Waals surface area contributed by atoms with Gasteiger partial charge in [0.1, 0.15) is 15.6 Å².